The highest BCUT2D eigenvalue weighted by molar-refractivity contribution is 5.27. The zero-order valence-corrected chi connectivity index (χ0v) is 21.3. The van der Waals surface area contributed by atoms with Gasteiger partial charge in [-0.3, -0.25) is 4.90 Å². The first-order valence-electron chi connectivity index (χ1n) is 12.6. The molecule has 4 rings (SSSR count). The third kappa shape index (κ3) is 6.03. The Morgan fingerprint density at radius 3 is 2.11 bits per heavy atom. The van der Waals surface area contributed by atoms with E-state index in [1.807, 2.05) is 92.8 Å². The Morgan fingerprint density at radius 1 is 0.889 bits per heavy atom. The van der Waals surface area contributed by atoms with Gasteiger partial charge in [0.15, 0.2) is 6.29 Å². The summed E-state index contributed by atoms with van der Waals surface area (Å²) in [5.41, 5.74) is 10.6. The predicted molar refractivity (Wildman–Crippen MR) is 141 cm³/mol. The van der Waals surface area contributed by atoms with Crippen LogP contribution >= 0.6 is 0 Å². The number of ether oxygens (including phenoxy) is 2. The Hall–Kier alpha value is -2.58. The van der Waals surface area contributed by atoms with Gasteiger partial charge < -0.3 is 25.4 Å². The molecule has 1 aliphatic rings. The van der Waals surface area contributed by atoms with Gasteiger partial charge in [-0.05, 0) is 36.2 Å². The van der Waals surface area contributed by atoms with Gasteiger partial charge >= 0.3 is 0 Å². The summed E-state index contributed by atoms with van der Waals surface area (Å²) >= 11 is 0. The molecule has 0 spiro atoms. The zero-order valence-electron chi connectivity index (χ0n) is 21.3. The second kappa shape index (κ2) is 12.1. The summed E-state index contributed by atoms with van der Waals surface area (Å²) in [6.07, 6.45) is -1.44. The van der Waals surface area contributed by atoms with Crippen molar-refractivity contribution in [3.63, 3.8) is 0 Å². The normalized spacial score (nSPS) is 24.0. The molecule has 0 radical (unpaired) electrons. The predicted octanol–water partition coefficient (Wildman–Crippen LogP) is 4.48. The molecule has 1 fully saturated rings. The van der Waals surface area contributed by atoms with Crippen LogP contribution in [0.15, 0.2) is 78.9 Å². The van der Waals surface area contributed by atoms with Gasteiger partial charge in [0.05, 0.1) is 24.9 Å². The molecule has 6 nitrogen and oxygen atoms in total. The molecule has 4 N–H and O–H groups in total. The lowest BCUT2D eigenvalue weighted by molar-refractivity contribution is -0.276. The molecule has 6 heteroatoms. The molecule has 0 bridgehead atoms. The molecule has 1 heterocycles. The van der Waals surface area contributed by atoms with Crippen molar-refractivity contribution in [1.29, 1.82) is 0 Å². The summed E-state index contributed by atoms with van der Waals surface area (Å²) in [6.45, 7) is 5.32. The highest BCUT2D eigenvalue weighted by atomic mass is 16.7. The second-order valence-electron chi connectivity index (χ2n) is 9.80. The van der Waals surface area contributed by atoms with E-state index in [9.17, 15) is 10.2 Å². The van der Waals surface area contributed by atoms with Crippen LogP contribution in [0.4, 0.5) is 0 Å². The average molecular weight is 491 g/mol. The molecule has 0 saturated carbocycles. The van der Waals surface area contributed by atoms with E-state index >= 15 is 0 Å². The summed E-state index contributed by atoms with van der Waals surface area (Å²) < 4.78 is 13.1. The zero-order chi connectivity index (χ0) is 25.7. The molecule has 1 saturated heterocycles. The molecule has 192 valence electrons. The van der Waals surface area contributed by atoms with Crippen LogP contribution < -0.4 is 5.73 Å². The lowest BCUT2D eigenvalue weighted by Gasteiger charge is -2.43. The topological polar surface area (TPSA) is 88.2 Å². The molecule has 36 heavy (non-hydrogen) atoms. The highest BCUT2D eigenvalue weighted by Gasteiger charge is 2.39. The van der Waals surface area contributed by atoms with Crippen LogP contribution in [0.3, 0.4) is 0 Å². The molecule has 0 aromatic heterocycles. The molecular formula is C30H38N2O4. The Kier molecular flexibility index (Phi) is 8.90. The van der Waals surface area contributed by atoms with Crippen LogP contribution in [0.25, 0.3) is 0 Å². The van der Waals surface area contributed by atoms with E-state index in [0.29, 0.717) is 13.1 Å². The minimum Gasteiger partial charge on any atom is -0.392 e. The molecule has 1 aliphatic heterocycles. The molecule has 0 unspecified atom stereocenters. The Labute approximate surface area is 214 Å². The van der Waals surface area contributed by atoms with Gasteiger partial charge in [0.2, 0.25) is 0 Å². The van der Waals surface area contributed by atoms with Crippen molar-refractivity contribution in [3.05, 3.63) is 107 Å². The largest absolute Gasteiger partial charge is 0.392 e. The van der Waals surface area contributed by atoms with Crippen molar-refractivity contribution in [2.45, 2.75) is 57.6 Å². The van der Waals surface area contributed by atoms with Gasteiger partial charge in [-0.2, -0.15) is 0 Å². The summed E-state index contributed by atoms with van der Waals surface area (Å²) in [7, 11) is 2.03. The van der Waals surface area contributed by atoms with Gasteiger partial charge in [-0.1, -0.05) is 85.8 Å². The van der Waals surface area contributed by atoms with Crippen LogP contribution in [0, 0.1) is 5.92 Å². The van der Waals surface area contributed by atoms with E-state index in [2.05, 4.69) is 11.8 Å². The number of hydrogen-bond donors (Lipinski definition) is 3. The fourth-order valence-electron chi connectivity index (χ4n) is 4.76. The van der Waals surface area contributed by atoms with Gasteiger partial charge in [0, 0.05) is 30.6 Å². The number of hydrogen-bond acceptors (Lipinski definition) is 6. The lowest BCUT2D eigenvalue weighted by Crippen LogP contribution is -2.46. The summed E-state index contributed by atoms with van der Waals surface area (Å²) in [5.74, 6) is 0.0630. The Morgan fingerprint density at radius 2 is 1.50 bits per heavy atom. The third-order valence-electron chi connectivity index (χ3n) is 7.37. The molecule has 0 amide bonds. The highest BCUT2D eigenvalue weighted by Crippen LogP contribution is 2.42. The van der Waals surface area contributed by atoms with Crippen LogP contribution in [0.5, 0.6) is 0 Å². The maximum atomic E-state index is 11.0. The van der Waals surface area contributed by atoms with Gasteiger partial charge in [0.25, 0.3) is 0 Å². The van der Waals surface area contributed by atoms with E-state index in [4.69, 9.17) is 15.2 Å². The number of aliphatic hydroxyl groups excluding tert-OH is 2. The summed E-state index contributed by atoms with van der Waals surface area (Å²) in [4.78, 5) is 2.16. The van der Waals surface area contributed by atoms with Crippen LogP contribution in [-0.4, -0.2) is 40.9 Å². The minimum atomic E-state index is -0.604. The number of aliphatic hydroxyl groups is 2. The minimum absolute atomic E-state index is 0.00956. The van der Waals surface area contributed by atoms with Crippen molar-refractivity contribution < 1.29 is 19.7 Å². The Balaban J connectivity index is 1.56. The molecular weight excluding hydrogens is 452 g/mol. The molecule has 6 atom stereocenters. The standard InChI is InChI=1S/C30H38N2O4/c1-20-27(18-32(3)21(2)28(34)24-7-5-4-6-8-24)35-30(26-15-9-22(17-31)10-16-26)36-29(20)25-13-11-23(19-33)12-14-25/h4-16,20-21,27-30,33-34H,17-19,31H2,1-3H3/t20-,21+,27+,28+,29+,30+/m1/s1. The first kappa shape index (κ1) is 26.5. The fraction of sp³-hybridized carbons (Fsp3) is 0.400. The van der Waals surface area contributed by atoms with Crippen molar-refractivity contribution in [2.24, 2.45) is 11.7 Å². The SMILES string of the molecule is C[C@@H]1[C@H](CN(C)[C@@H](C)[C@H](O)c2ccccc2)O[C@H](c2ccc(CN)cc2)O[C@@H]1c1ccc(CO)cc1. The van der Waals surface area contributed by atoms with Crippen LogP contribution in [0.1, 0.15) is 60.2 Å². The van der Waals surface area contributed by atoms with E-state index in [1.165, 1.54) is 0 Å². The lowest BCUT2D eigenvalue weighted by atomic mass is 9.89. The number of nitrogens with two attached hydrogens (primary N) is 1. The number of nitrogens with zero attached hydrogens (tertiary/aromatic N) is 1. The van der Waals surface area contributed by atoms with Gasteiger partial charge in [-0.25, -0.2) is 0 Å². The Bertz CT molecular complexity index is 1070. The second-order valence-corrected chi connectivity index (χ2v) is 9.80. The number of benzene rings is 3. The van der Waals surface area contributed by atoms with E-state index in [-0.39, 0.29) is 30.8 Å². The summed E-state index contributed by atoms with van der Waals surface area (Å²) in [5, 5.41) is 20.4. The molecule has 3 aromatic rings. The fourth-order valence-corrected chi connectivity index (χ4v) is 4.76. The molecule has 3 aromatic carbocycles. The maximum absolute atomic E-state index is 11.0. The van der Waals surface area contributed by atoms with Gasteiger partial charge in [0.1, 0.15) is 0 Å². The first-order chi connectivity index (χ1) is 17.4. The number of likely N-dealkylation sites (N-methyl/N-ethyl adjacent to an activating group) is 1. The third-order valence-corrected chi connectivity index (χ3v) is 7.37. The van der Waals surface area contributed by atoms with Crippen LogP contribution in [-0.2, 0) is 22.6 Å². The molecule has 0 aliphatic carbocycles. The maximum Gasteiger partial charge on any atom is 0.184 e. The first-order valence-corrected chi connectivity index (χ1v) is 12.6. The van der Waals surface area contributed by atoms with Crippen LogP contribution in [0.2, 0.25) is 0 Å². The van der Waals surface area contributed by atoms with Gasteiger partial charge in [-0.15, -0.1) is 0 Å². The van der Waals surface area contributed by atoms with E-state index in [0.717, 1.165) is 27.8 Å². The van der Waals surface area contributed by atoms with Crippen molar-refractivity contribution in [1.82, 2.24) is 4.90 Å². The van der Waals surface area contributed by atoms with Crippen molar-refractivity contribution in [2.75, 3.05) is 13.6 Å². The van der Waals surface area contributed by atoms with E-state index < -0.39 is 12.4 Å². The quantitative estimate of drug-likeness (QED) is 0.410. The smallest absolute Gasteiger partial charge is 0.184 e. The van der Waals surface area contributed by atoms with Crippen molar-refractivity contribution >= 4 is 0 Å². The number of rotatable bonds is 9. The average Bonchev–Trinajstić information content (AvgIpc) is 2.93. The monoisotopic (exact) mass is 490 g/mol. The van der Waals surface area contributed by atoms with Crippen molar-refractivity contribution in [3.8, 4) is 0 Å². The van der Waals surface area contributed by atoms with E-state index in [1.54, 1.807) is 0 Å². The summed E-state index contributed by atoms with van der Waals surface area (Å²) in [6, 6.07) is 25.6.